The van der Waals surface area contributed by atoms with E-state index in [-0.39, 0.29) is 24.2 Å². The van der Waals surface area contributed by atoms with Gasteiger partial charge in [-0.1, -0.05) is 0 Å². The van der Waals surface area contributed by atoms with Gasteiger partial charge in [-0.2, -0.15) is 10.1 Å². The van der Waals surface area contributed by atoms with Gasteiger partial charge in [0.2, 0.25) is 23.7 Å². The van der Waals surface area contributed by atoms with Crippen LogP contribution in [0.25, 0.3) is 22.2 Å². The Morgan fingerprint density at radius 1 is 1.15 bits per heavy atom. The number of ether oxygens (including phenoxy) is 1. The number of fused-ring (bicyclic) bond motifs is 1. The van der Waals surface area contributed by atoms with Crippen LogP contribution in [0.2, 0.25) is 0 Å². The summed E-state index contributed by atoms with van der Waals surface area (Å²) in [6.07, 6.45) is 7.93. The number of rotatable bonds is 11. The molecule has 1 saturated heterocycles. The van der Waals surface area contributed by atoms with Crippen LogP contribution in [0.4, 0.5) is 29.1 Å². The van der Waals surface area contributed by atoms with Crippen molar-refractivity contribution in [2.75, 3.05) is 35.6 Å². The molecule has 4 aromatic heterocycles. The number of likely N-dealkylation sites (tertiary alicyclic amines) is 1. The van der Waals surface area contributed by atoms with Crippen LogP contribution in [-0.4, -0.2) is 82.2 Å². The van der Waals surface area contributed by atoms with E-state index < -0.39 is 4.92 Å². The number of aryl methyl sites for hydroxylation is 3. The summed E-state index contributed by atoms with van der Waals surface area (Å²) in [4.78, 5) is 47.7. The van der Waals surface area contributed by atoms with Crippen LogP contribution in [0.1, 0.15) is 30.5 Å². The molecule has 2 fully saturated rings. The topological polar surface area (TPSA) is 194 Å². The Hall–Kier alpha value is -5.64. The van der Waals surface area contributed by atoms with Gasteiger partial charge in [0.1, 0.15) is 6.10 Å². The van der Waals surface area contributed by atoms with Gasteiger partial charge in [0.05, 0.1) is 28.4 Å². The molecule has 1 saturated carbocycles. The van der Waals surface area contributed by atoms with Gasteiger partial charge >= 0.3 is 0 Å². The molecule has 242 valence electrons. The van der Waals surface area contributed by atoms with Gasteiger partial charge in [-0.15, -0.1) is 0 Å². The van der Waals surface area contributed by atoms with Crippen molar-refractivity contribution in [2.45, 2.75) is 45.3 Å². The summed E-state index contributed by atoms with van der Waals surface area (Å²) < 4.78 is 7.83. The molecule has 2 aliphatic rings. The Morgan fingerprint density at radius 3 is 2.77 bits per heavy atom. The van der Waals surface area contributed by atoms with Crippen LogP contribution in [-0.2, 0) is 11.8 Å². The third-order valence-electron chi connectivity index (χ3n) is 8.26. The van der Waals surface area contributed by atoms with Crippen molar-refractivity contribution in [3.63, 3.8) is 0 Å². The van der Waals surface area contributed by atoms with E-state index in [0.717, 1.165) is 30.5 Å². The molecule has 5 heterocycles. The molecule has 5 aromatic rings. The first-order valence-electron chi connectivity index (χ1n) is 15.4. The van der Waals surface area contributed by atoms with Crippen LogP contribution in [0.5, 0.6) is 5.88 Å². The lowest BCUT2D eigenvalue weighted by Gasteiger charge is -2.17. The van der Waals surface area contributed by atoms with Crippen molar-refractivity contribution in [3.8, 4) is 17.1 Å². The zero-order valence-corrected chi connectivity index (χ0v) is 26.1. The molecule has 7 rings (SSSR count). The first-order valence-corrected chi connectivity index (χ1v) is 15.4. The summed E-state index contributed by atoms with van der Waals surface area (Å²) in [7, 11) is 1.85. The van der Waals surface area contributed by atoms with Crippen LogP contribution in [0.15, 0.2) is 42.9 Å². The minimum absolute atomic E-state index is 0.100. The number of nitro benzene ring substituents is 1. The predicted octanol–water partition coefficient (Wildman–Crippen LogP) is 4.08. The highest BCUT2D eigenvalue weighted by Gasteiger charge is 2.27. The van der Waals surface area contributed by atoms with E-state index in [1.807, 2.05) is 31.9 Å². The molecule has 1 aliphatic heterocycles. The molecule has 1 atom stereocenters. The molecule has 16 heteroatoms. The average molecular weight is 639 g/mol. The van der Waals surface area contributed by atoms with E-state index in [9.17, 15) is 14.9 Å². The van der Waals surface area contributed by atoms with Gasteiger partial charge in [0.15, 0.2) is 5.82 Å². The fraction of sp³-hybridized carbons (Fsp3) is 0.355. The molecule has 1 aliphatic carbocycles. The molecule has 16 nitrogen and oxygen atoms in total. The molecule has 47 heavy (non-hydrogen) atoms. The first-order chi connectivity index (χ1) is 22.7. The van der Waals surface area contributed by atoms with Crippen molar-refractivity contribution < 1.29 is 14.5 Å². The highest BCUT2D eigenvalue weighted by Crippen LogP contribution is 2.37. The first kappa shape index (κ1) is 30.0. The van der Waals surface area contributed by atoms with Gasteiger partial charge in [-0.05, 0) is 38.7 Å². The molecule has 0 spiro atoms. The van der Waals surface area contributed by atoms with Crippen LogP contribution in [0.3, 0.4) is 0 Å². The number of nitrogens with one attached hydrogen (secondary N) is 4. The minimum atomic E-state index is -0.476. The number of hydrogen-bond acceptors (Lipinski definition) is 12. The lowest BCUT2D eigenvalue weighted by Crippen LogP contribution is -2.33. The maximum atomic E-state index is 13.2. The summed E-state index contributed by atoms with van der Waals surface area (Å²) in [5, 5.41) is 26.2. The summed E-state index contributed by atoms with van der Waals surface area (Å²) in [6.45, 7) is 5.11. The molecule has 1 aromatic carbocycles. The number of nitrogens with zero attached hydrogens (tertiary/aromatic N) is 8. The number of aromatic nitrogens is 7. The van der Waals surface area contributed by atoms with Crippen LogP contribution >= 0.6 is 0 Å². The van der Waals surface area contributed by atoms with E-state index in [1.165, 1.54) is 12.1 Å². The van der Waals surface area contributed by atoms with Gasteiger partial charge in [-0.25, -0.2) is 15.0 Å². The Kier molecular flexibility index (Phi) is 7.85. The summed E-state index contributed by atoms with van der Waals surface area (Å²) in [5.74, 6) is 1.69. The number of nitro groups is 1. The van der Waals surface area contributed by atoms with Gasteiger partial charge in [0, 0.05) is 85.7 Å². The number of amides is 1. The maximum absolute atomic E-state index is 13.2. The number of carbonyl (C=O) groups is 1. The number of non-ortho nitro benzene ring substituents is 1. The van der Waals surface area contributed by atoms with Crippen molar-refractivity contribution in [3.05, 3.63) is 64.2 Å². The largest absolute Gasteiger partial charge is 0.473 e. The summed E-state index contributed by atoms with van der Waals surface area (Å²) in [5.41, 5.74) is 3.66. The van der Waals surface area contributed by atoms with Crippen molar-refractivity contribution in [2.24, 2.45) is 7.05 Å². The Morgan fingerprint density at radius 2 is 2.00 bits per heavy atom. The van der Waals surface area contributed by atoms with E-state index in [0.29, 0.717) is 70.6 Å². The fourth-order valence-electron chi connectivity index (χ4n) is 5.62. The molecule has 1 unspecified atom stereocenters. The van der Waals surface area contributed by atoms with E-state index in [1.54, 1.807) is 29.3 Å². The zero-order chi connectivity index (χ0) is 32.7. The van der Waals surface area contributed by atoms with Crippen molar-refractivity contribution >= 4 is 45.9 Å². The summed E-state index contributed by atoms with van der Waals surface area (Å²) >= 11 is 0. The Labute approximate surface area is 269 Å². The van der Waals surface area contributed by atoms with Gasteiger partial charge in [0.25, 0.3) is 5.69 Å². The molecular weight excluding hydrogens is 604 g/mol. The Balaban J connectivity index is 1.06. The van der Waals surface area contributed by atoms with Gasteiger partial charge < -0.3 is 25.7 Å². The van der Waals surface area contributed by atoms with Crippen molar-refractivity contribution in [1.82, 2.24) is 39.6 Å². The lowest BCUT2D eigenvalue weighted by atomic mass is 10.1. The second kappa shape index (κ2) is 12.3. The average Bonchev–Trinajstić information content (AvgIpc) is 3.41. The van der Waals surface area contributed by atoms with E-state index in [4.69, 9.17) is 9.72 Å². The van der Waals surface area contributed by atoms with Crippen LogP contribution < -0.4 is 20.7 Å². The number of H-pyrrole nitrogens is 1. The smallest absolute Gasteiger partial charge is 0.272 e. The number of benzene rings is 1. The maximum Gasteiger partial charge on any atom is 0.272 e. The highest BCUT2D eigenvalue weighted by molar-refractivity contribution is 6.07. The highest BCUT2D eigenvalue weighted by atomic mass is 16.6. The third kappa shape index (κ3) is 6.67. The molecule has 0 radical (unpaired) electrons. The SMILES string of the molecule is Cc1cnc(Nc2cc(C)n(C)n2)nc1-c1c[nH]c2c(NC(=O)CN3CCC(Oc4ccnc(NC5CC5)n4)C3)cc([N+](=O)[O-])cc12. The quantitative estimate of drug-likeness (QED) is 0.120. The fourth-order valence-corrected chi connectivity index (χ4v) is 5.62. The van der Waals surface area contributed by atoms with Crippen LogP contribution in [0, 0.1) is 24.0 Å². The standard InChI is InChI=1S/C31H34N12O4/c1-17-13-34-31(37-25-10-18(2)41(3)40-25)39-28(17)23-14-33-29-22(23)11-20(43(45)46)12-24(29)36-26(44)16-42-9-7-21(15-42)47-27-6-8-32-30(38-27)35-19-4-5-19/h6,8,10-14,19,21,33H,4-5,7,9,15-16H2,1-3H3,(H,36,44)(H,32,35,38)(H,34,37,39,40). The second-order valence-electron chi connectivity index (χ2n) is 12.0. The van der Waals surface area contributed by atoms with Gasteiger partial charge in [-0.3, -0.25) is 24.5 Å². The zero-order valence-electron chi connectivity index (χ0n) is 26.1. The van der Waals surface area contributed by atoms with E-state index in [2.05, 4.69) is 41.0 Å². The number of aromatic amines is 1. The van der Waals surface area contributed by atoms with E-state index >= 15 is 0 Å². The lowest BCUT2D eigenvalue weighted by molar-refractivity contribution is -0.384. The minimum Gasteiger partial charge on any atom is -0.473 e. The number of anilines is 4. The molecule has 4 N–H and O–H groups in total. The van der Waals surface area contributed by atoms with Crippen molar-refractivity contribution in [1.29, 1.82) is 0 Å². The molecule has 1 amide bonds. The normalized spacial score (nSPS) is 16.4. The molecule has 0 bridgehead atoms. The Bertz CT molecular complexity index is 1970. The summed E-state index contributed by atoms with van der Waals surface area (Å²) in [6, 6.07) is 6.89. The predicted molar refractivity (Wildman–Crippen MR) is 175 cm³/mol. The number of hydrogen-bond donors (Lipinski definition) is 4. The monoisotopic (exact) mass is 638 g/mol. The second-order valence-corrected chi connectivity index (χ2v) is 12.0. The molecular formula is C31H34N12O4. The number of carbonyl (C=O) groups excluding carboxylic acids is 1. The third-order valence-corrected chi connectivity index (χ3v) is 8.26.